The van der Waals surface area contributed by atoms with E-state index in [2.05, 4.69) is 98.3 Å². The smallest absolute Gasteiger partial charge is 0.228 e. The van der Waals surface area contributed by atoms with Crippen molar-refractivity contribution in [2.75, 3.05) is 48.4 Å². The number of aromatic nitrogens is 4. The molecule has 0 radical (unpaired) electrons. The van der Waals surface area contributed by atoms with Gasteiger partial charge in [0.2, 0.25) is 5.95 Å². The molecular formula is C43H49BrN8O2. The Morgan fingerprint density at radius 3 is 2.22 bits per heavy atom. The van der Waals surface area contributed by atoms with E-state index < -0.39 is 5.54 Å². The summed E-state index contributed by atoms with van der Waals surface area (Å²) < 4.78 is 1.09. The summed E-state index contributed by atoms with van der Waals surface area (Å²) in [5, 5.41) is 32.2. The number of anilines is 3. The van der Waals surface area contributed by atoms with Gasteiger partial charge in [-0.15, -0.1) is 0 Å². The summed E-state index contributed by atoms with van der Waals surface area (Å²) >= 11 is 3.47. The van der Waals surface area contributed by atoms with Gasteiger partial charge in [-0.2, -0.15) is 4.98 Å². The Balaban J connectivity index is 0.000000167. The molecule has 4 heterocycles. The van der Waals surface area contributed by atoms with Crippen molar-refractivity contribution < 1.29 is 10.2 Å². The van der Waals surface area contributed by atoms with Gasteiger partial charge in [0, 0.05) is 34.4 Å². The molecule has 6 aromatic rings. The quantitative estimate of drug-likeness (QED) is 0.0865. The van der Waals surface area contributed by atoms with Gasteiger partial charge in [0.15, 0.2) is 5.82 Å². The van der Waals surface area contributed by atoms with Gasteiger partial charge < -0.3 is 31.1 Å². The van der Waals surface area contributed by atoms with Crippen LogP contribution in [0.2, 0.25) is 0 Å². The molecule has 5 N–H and O–H groups in total. The Labute approximate surface area is 325 Å². The maximum Gasteiger partial charge on any atom is 0.228 e. The topological polar surface area (TPSA) is 131 Å². The summed E-state index contributed by atoms with van der Waals surface area (Å²) in [7, 11) is 0. The molecule has 8 rings (SSSR count). The average molecular weight is 790 g/mol. The minimum atomic E-state index is -0.539. The number of para-hydroxylation sites is 2. The molecule has 10 nitrogen and oxygen atoms in total. The first-order chi connectivity index (χ1) is 26.4. The number of aliphatic hydroxyl groups excluding tert-OH is 2. The molecule has 4 aromatic carbocycles. The molecule has 2 aromatic heterocycles. The largest absolute Gasteiger partial charge is 0.394 e. The van der Waals surface area contributed by atoms with Crippen molar-refractivity contribution in [3.63, 3.8) is 0 Å². The second kappa shape index (κ2) is 17.6. The van der Waals surface area contributed by atoms with Crippen molar-refractivity contribution in [3.8, 4) is 0 Å². The minimum Gasteiger partial charge on any atom is -0.394 e. The second-order valence-electron chi connectivity index (χ2n) is 14.3. The number of rotatable bonds is 12. The zero-order valence-corrected chi connectivity index (χ0v) is 32.3. The summed E-state index contributed by atoms with van der Waals surface area (Å²) in [6.07, 6.45) is 5.75. The number of nitrogens with one attached hydrogen (secondary N) is 3. The third kappa shape index (κ3) is 8.81. The van der Waals surface area contributed by atoms with Crippen LogP contribution in [-0.2, 0) is 18.4 Å². The lowest BCUT2D eigenvalue weighted by Crippen LogP contribution is -2.42. The molecule has 2 aliphatic rings. The minimum absolute atomic E-state index is 0.00431. The summed E-state index contributed by atoms with van der Waals surface area (Å²) in [4.78, 5) is 21.3. The normalized spacial score (nSPS) is 18.7. The van der Waals surface area contributed by atoms with Crippen LogP contribution >= 0.6 is 15.9 Å². The highest BCUT2D eigenvalue weighted by molar-refractivity contribution is 9.10. The van der Waals surface area contributed by atoms with Crippen molar-refractivity contribution in [2.24, 2.45) is 0 Å². The monoisotopic (exact) mass is 788 g/mol. The summed E-state index contributed by atoms with van der Waals surface area (Å²) in [5.41, 5.74) is 3.86. The number of hydrogen-bond acceptors (Lipinski definition) is 10. The van der Waals surface area contributed by atoms with Crippen LogP contribution in [0.3, 0.4) is 0 Å². The highest BCUT2D eigenvalue weighted by Gasteiger charge is 2.38. The van der Waals surface area contributed by atoms with Gasteiger partial charge >= 0.3 is 0 Å². The molecule has 11 heteroatoms. The Hall–Kier alpha value is -4.68. The molecule has 0 saturated carbocycles. The molecule has 3 atom stereocenters. The van der Waals surface area contributed by atoms with Gasteiger partial charge in [0.1, 0.15) is 17.2 Å². The maximum atomic E-state index is 10.0. The fraction of sp³-hybridized carbons (Fsp3) is 0.349. The van der Waals surface area contributed by atoms with Crippen LogP contribution in [0.25, 0.3) is 21.8 Å². The Morgan fingerprint density at radius 1 is 0.815 bits per heavy atom. The average Bonchev–Trinajstić information content (AvgIpc) is 3.90. The second-order valence-corrected chi connectivity index (χ2v) is 15.2. The van der Waals surface area contributed by atoms with E-state index in [0.29, 0.717) is 11.8 Å². The third-order valence-corrected chi connectivity index (χ3v) is 10.9. The maximum absolute atomic E-state index is 10.0. The van der Waals surface area contributed by atoms with Crippen LogP contribution in [0.4, 0.5) is 17.6 Å². The SMILES string of the molecule is CC(Cc1ccccc1)Nc1nc(C2(CO)CCCN2)nc2ccccc12.OCC1CCCN1c1nc(NCCc2ccc(Br)cc2)c2ccccc2n1. The molecule has 0 aliphatic carbocycles. The number of halogens is 1. The molecule has 280 valence electrons. The molecule has 0 bridgehead atoms. The Bertz CT molecular complexity index is 2130. The lowest BCUT2D eigenvalue weighted by molar-refractivity contribution is 0.171. The molecule has 2 aliphatic heterocycles. The summed E-state index contributed by atoms with van der Waals surface area (Å²) in [5.74, 6) is 3.07. The van der Waals surface area contributed by atoms with Crippen LogP contribution in [0.15, 0.2) is 108 Å². The number of aliphatic hydroxyl groups is 2. The van der Waals surface area contributed by atoms with Gasteiger partial charge in [0.05, 0.1) is 30.3 Å². The zero-order chi connectivity index (χ0) is 37.3. The number of hydrogen-bond donors (Lipinski definition) is 5. The standard InChI is InChI=1S/C22H26N4O.C21H23BrN4O/c1-16(14-17-8-3-2-4-9-17)24-20-18-10-5-6-11-19(18)25-21(26-20)22(15-27)12-7-13-23-22;22-16-9-7-15(8-10-16)11-12-23-20-18-5-1-2-6-19(18)24-21(25-20)26-13-3-4-17(26)14-27/h2-6,8-11,16,23,27H,7,12-15H2,1H3,(H,24,25,26);1-2,5-10,17,27H,3-4,11-14H2,(H,23,24,25). The summed E-state index contributed by atoms with van der Waals surface area (Å²) in [6, 6.07) is 35.3. The van der Waals surface area contributed by atoms with Crippen LogP contribution in [0, 0.1) is 0 Å². The van der Waals surface area contributed by atoms with E-state index in [0.717, 1.165) is 96.1 Å². The van der Waals surface area contributed by atoms with E-state index in [1.54, 1.807) is 0 Å². The third-order valence-electron chi connectivity index (χ3n) is 10.4. The Kier molecular flexibility index (Phi) is 12.3. The lowest BCUT2D eigenvalue weighted by Gasteiger charge is -2.27. The first kappa shape index (κ1) is 37.6. The van der Waals surface area contributed by atoms with E-state index >= 15 is 0 Å². The lowest BCUT2D eigenvalue weighted by atomic mass is 9.97. The van der Waals surface area contributed by atoms with Crippen LogP contribution in [0.1, 0.15) is 49.6 Å². The number of nitrogens with zero attached hydrogens (tertiary/aromatic N) is 5. The predicted molar refractivity (Wildman–Crippen MR) is 222 cm³/mol. The fourth-order valence-electron chi connectivity index (χ4n) is 7.45. The van der Waals surface area contributed by atoms with E-state index in [9.17, 15) is 10.2 Å². The first-order valence-electron chi connectivity index (χ1n) is 19.0. The zero-order valence-electron chi connectivity index (χ0n) is 30.8. The molecule has 2 fully saturated rings. The van der Waals surface area contributed by atoms with Crippen molar-refractivity contribution in [1.82, 2.24) is 25.3 Å². The van der Waals surface area contributed by atoms with Crippen molar-refractivity contribution >= 4 is 55.3 Å². The number of fused-ring (bicyclic) bond motifs is 2. The van der Waals surface area contributed by atoms with Crippen LogP contribution < -0.4 is 20.9 Å². The van der Waals surface area contributed by atoms with Gasteiger partial charge in [-0.05, 0) is 99.5 Å². The van der Waals surface area contributed by atoms with Crippen molar-refractivity contribution in [3.05, 3.63) is 125 Å². The molecule has 2 saturated heterocycles. The molecule has 54 heavy (non-hydrogen) atoms. The molecule has 0 amide bonds. The molecular weight excluding hydrogens is 740 g/mol. The number of benzene rings is 4. The van der Waals surface area contributed by atoms with Gasteiger partial charge in [-0.25, -0.2) is 15.0 Å². The van der Waals surface area contributed by atoms with Crippen molar-refractivity contribution in [2.45, 2.75) is 63.1 Å². The van der Waals surface area contributed by atoms with Gasteiger partial charge in [-0.1, -0.05) is 82.7 Å². The van der Waals surface area contributed by atoms with Gasteiger partial charge in [0.25, 0.3) is 0 Å². The Morgan fingerprint density at radius 2 is 1.52 bits per heavy atom. The first-order valence-corrected chi connectivity index (χ1v) is 19.8. The van der Waals surface area contributed by atoms with E-state index in [1.807, 2.05) is 48.5 Å². The van der Waals surface area contributed by atoms with E-state index in [-0.39, 0.29) is 25.3 Å². The van der Waals surface area contributed by atoms with E-state index in [4.69, 9.17) is 19.9 Å². The molecule has 3 unspecified atom stereocenters. The van der Waals surface area contributed by atoms with E-state index in [1.165, 1.54) is 11.1 Å². The predicted octanol–water partition coefficient (Wildman–Crippen LogP) is 7.25. The molecule has 0 spiro atoms. The van der Waals surface area contributed by atoms with Crippen LogP contribution in [-0.4, -0.2) is 75.1 Å². The van der Waals surface area contributed by atoms with Gasteiger partial charge in [-0.3, -0.25) is 0 Å². The highest BCUT2D eigenvalue weighted by atomic mass is 79.9. The van der Waals surface area contributed by atoms with Crippen LogP contribution in [0.5, 0.6) is 0 Å². The highest BCUT2D eigenvalue weighted by Crippen LogP contribution is 2.32. The fourth-order valence-corrected chi connectivity index (χ4v) is 7.71. The van der Waals surface area contributed by atoms with Crippen molar-refractivity contribution in [1.29, 1.82) is 0 Å². The summed E-state index contributed by atoms with van der Waals surface area (Å²) in [6.45, 7) is 4.88.